The standard InChI is InChI=1S/C14H22ClNO2/c1-6-9-7-11(17-4)13(18-5)10(12(9)15)8-14(2,3)16/h7H,6,8,16H2,1-5H3. The zero-order valence-electron chi connectivity index (χ0n) is 11.8. The normalized spacial score (nSPS) is 11.5. The summed E-state index contributed by atoms with van der Waals surface area (Å²) in [6.45, 7) is 5.99. The molecule has 0 fully saturated rings. The van der Waals surface area contributed by atoms with Crippen molar-refractivity contribution in [1.82, 2.24) is 0 Å². The summed E-state index contributed by atoms with van der Waals surface area (Å²) in [5.74, 6) is 1.39. The van der Waals surface area contributed by atoms with E-state index in [1.54, 1.807) is 14.2 Å². The van der Waals surface area contributed by atoms with E-state index in [-0.39, 0.29) is 5.54 Å². The number of ether oxygens (including phenoxy) is 2. The van der Waals surface area contributed by atoms with Crippen molar-refractivity contribution in [3.63, 3.8) is 0 Å². The van der Waals surface area contributed by atoms with Crippen LogP contribution in [-0.4, -0.2) is 19.8 Å². The van der Waals surface area contributed by atoms with E-state index < -0.39 is 0 Å². The molecule has 2 N–H and O–H groups in total. The fraction of sp³-hybridized carbons (Fsp3) is 0.571. The Morgan fingerprint density at radius 3 is 2.28 bits per heavy atom. The predicted molar refractivity (Wildman–Crippen MR) is 75.9 cm³/mol. The molecule has 0 saturated carbocycles. The van der Waals surface area contributed by atoms with Crippen molar-refractivity contribution < 1.29 is 9.47 Å². The molecule has 4 heteroatoms. The molecule has 18 heavy (non-hydrogen) atoms. The van der Waals surface area contributed by atoms with Gasteiger partial charge >= 0.3 is 0 Å². The van der Waals surface area contributed by atoms with E-state index in [9.17, 15) is 0 Å². The molecule has 0 heterocycles. The summed E-state index contributed by atoms with van der Waals surface area (Å²) in [4.78, 5) is 0. The predicted octanol–water partition coefficient (Wildman–Crippen LogP) is 3.20. The summed E-state index contributed by atoms with van der Waals surface area (Å²) in [5.41, 5.74) is 7.70. The van der Waals surface area contributed by atoms with Gasteiger partial charge in [0.2, 0.25) is 0 Å². The number of aryl methyl sites for hydroxylation is 1. The summed E-state index contributed by atoms with van der Waals surface area (Å²) in [6.07, 6.45) is 1.48. The van der Waals surface area contributed by atoms with Crippen LogP contribution < -0.4 is 15.2 Å². The fourth-order valence-electron chi connectivity index (χ4n) is 1.98. The van der Waals surface area contributed by atoms with Crippen molar-refractivity contribution in [2.45, 2.75) is 39.2 Å². The van der Waals surface area contributed by atoms with Gasteiger partial charge in [-0.3, -0.25) is 0 Å². The maximum absolute atomic E-state index is 6.44. The lowest BCUT2D eigenvalue weighted by molar-refractivity contribution is 0.348. The first-order chi connectivity index (χ1) is 8.34. The van der Waals surface area contributed by atoms with Gasteiger partial charge in [0.15, 0.2) is 11.5 Å². The third-order valence-corrected chi connectivity index (χ3v) is 3.26. The minimum absolute atomic E-state index is 0.353. The van der Waals surface area contributed by atoms with Crippen LogP contribution in [0.1, 0.15) is 31.9 Å². The van der Waals surface area contributed by atoms with Crippen molar-refractivity contribution >= 4 is 11.6 Å². The molecule has 0 bridgehead atoms. The van der Waals surface area contributed by atoms with Crippen molar-refractivity contribution in [2.75, 3.05) is 14.2 Å². The highest BCUT2D eigenvalue weighted by Gasteiger charge is 2.22. The summed E-state index contributed by atoms with van der Waals surface area (Å²) in [7, 11) is 3.25. The summed E-state index contributed by atoms with van der Waals surface area (Å²) in [5, 5.41) is 0.730. The van der Waals surface area contributed by atoms with E-state index in [1.165, 1.54) is 0 Å². The van der Waals surface area contributed by atoms with Crippen LogP contribution in [-0.2, 0) is 12.8 Å². The zero-order valence-corrected chi connectivity index (χ0v) is 12.5. The Morgan fingerprint density at radius 1 is 1.28 bits per heavy atom. The lowest BCUT2D eigenvalue weighted by Crippen LogP contribution is -2.34. The van der Waals surface area contributed by atoms with Crippen LogP contribution in [0.5, 0.6) is 11.5 Å². The molecule has 0 aliphatic carbocycles. The Balaban J connectivity index is 3.43. The van der Waals surface area contributed by atoms with Crippen LogP contribution in [0.4, 0.5) is 0 Å². The molecule has 0 amide bonds. The minimum atomic E-state index is -0.353. The van der Waals surface area contributed by atoms with Gasteiger partial charge in [-0.2, -0.15) is 0 Å². The van der Waals surface area contributed by atoms with Gasteiger partial charge in [0.1, 0.15) is 0 Å². The highest BCUT2D eigenvalue weighted by Crippen LogP contribution is 2.40. The largest absolute Gasteiger partial charge is 0.493 e. The van der Waals surface area contributed by atoms with Crippen LogP contribution in [0.15, 0.2) is 6.07 Å². The van der Waals surface area contributed by atoms with E-state index in [1.807, 2.05) is 19.9 Å². The molecular weight excluding hydrogens is 250 g/mol. The Kier molecular flexibility index (Phi) is 4.88. The second kappa shape index (κ2) is 5.81. The van der Waals surface area contributed by atoms with Crippen LogP contribution in [0.25, 0.3) is 0 Å². The first-order valence-corrected chi connectivity index (χ1v) is 6.43. The average Bonchev–Trinajstić information content (AvgIpc) is 2.29. The second-order valence-electron chi connectivity index (χ2n) is 5.08. The number of rotatable bonds is 5. The Bertz CT molecular complexity index is 425. The van der Waals surface area contributed by atoms with Crippen LogP contribution in [0.3, 0.4) is 0 Å². The molecule has 1 rings (SSSR count). The van der Waals surface area contributed by atoms with Crippen LogP contribution in [0.2, 0.25) is 5.02 Å². The molecule has 0 saturated heterocycles. The Morgan fingerprint density at radius 2 is 1.89 bits per heavy atom. The molecule has 0 unspecified atom stereocenters. The van der Waals surface area contributed by atoms with Crippen molar-refractivity contribution in [3.8, 4) is 11.5 Å². The van der Waals surface area contributed by atoms with Crippen molar-refractivity contribution in [1.29, 1.82) is 0 Å². The Labute approximate surface area is 114 Å². The van der Waals surface area contributed by atoms with Crippen LogP contribution in [0, 0.1) is 0 Å². The quantitative estimate of drug-likeness (QED) is 0.894. The van der Waals surface area contributed by atoms with Crippen LogP contribution >= 0.6 is 11.6 Å². The van der Waals surface area contributed by atoms with Gasteiger partial charge in [0.25, 0.3) is 0 Å². The van der Waals surface area contributed by atoms with Crippen molar-refractivity contribution in [2.24, 2.45) is 5.73 Å². The third kappa shape index (κ3) is 3.30. The smallest absolute Gasteiger partial charge is 0.165 e. The molecule has 0 aliphatic heterocycles. The second-order valence-corrected chi connectivity index (χ2v) is 5.46. The van der Waals surface area contributed by atoms with Crippen molar-refractivity contribution in [3.05, 3.63) is 22.2 Å². The summed E-state index contributed by atoms with van der Waals surface area (Å²) >= 11 is 6.44. The first-order valence-electron chi connectivity index (χ1n) is 6.05. The number of methoxy groups -OCH3 is 2. The molecule has 0 aromatic heterocycles. The zero-order chi connectivity index (χ0) is 13.9. The SMILES string of the molecule is CCc1cc(OC)c(OC)c(CC(C)(C)N)c1Cl. The van der Waals surface area contributed by atoms with Gasteiger partial charge in [0, 0.05) is 11.1 Å². The number of halogens is 1. The highest BCUT2D eigenvalue weighted by atomic mass is 35.5. The number of hydrogen-bond acceptors (Lipinski definition) is 3. The van der Waals surface area contributed by atoms with E-state index in [0.717, 1.165) is 22.6 Å². The topological polar surface area (TPSA) is 44.5 Å². The molecule has 102 valence electrons. The van der Waals surface area contributed by atoms with E-state index >= 15 is 0 Å². The maximum Gasteiger partial charge on any atom is 0.165 e. The molecule has 0 aliphatic rings. The minimum Gasteiger partial charge on any atom is -0.493 e. The molecule has 0 radical (unpaired) electrons. The van der Waals surface area contributed by atoms with E-state index in [2.05, 4.69) is 6.92 Å². The van der Waals surface area contributed by atoms with Gasteiger partial charge in [-0.05, 0) is 38.3 Å². The molecule has 1 aromatic carbocycles. The molecule has 1 aromatic rings. The molecule has 3 nitrogen and oxygen atoms in total. The first kappa shape index (κ1) is 15.1. The van der Waals surface area contributed by atoms with E-state index in [4.69, 9.17) is 26.8 Å². The third-order valence-electron chi connectivity index (χ3n) is 2.79. The summed E-state index contributed by atoms with van der Waals surface area (Å²) < 4.78 is 10.8. The van der Waals surface area contributed by atoms with Gasteiger partial charge in [0.05, 0.1) is 19.2 Å². The molecule has 0 atom stereocenters. The van der Waals surface area contributed by atoms with Gasteiger partial charge < -0.3 is 15.2 Å². The average molecular weight is 272 g/mol. The number of benzene rings is 1. The molecule has 0 spiro atoms. The lowest BCUT2D eigenvalue weighted by Gasteiger charge is -2.23. The fourth-order valence-corrected chi connectivity index (χ4v) is 2.32. The van der Waals surface area contributed by atoms with Gasteiger partial charge in [-0.15, -0.1) is 0 Å². The highest BCUT2D eigenvalue weighted by molar-refractivity contribution is 6.32. The number of hydrogen-bond donors (Lipinski definition) is 1. The maximum atomic E-state index is 6.44. The Hall–Kier alpha value is -0.930. The number of nitrogens with two attached hydrogens (primary N) is 1. The van der Waals surface area contributed by atoms with E-state index in [0.29, 0.717) is 17.9 Å². The monoisotopic (exact) mass is 271 g/mol. The molecular formula is C14H22ClNO2. The lowest BCUT2D eigenvalue weighted by atomic mass is 9.93. The van der Waals surface area contributed by atoms with Gasteiger partial charge in [-0.1, -0.05) is 18.5 Å². The van der Waals surface area contributed by atoms with Gasteiger partial charge in [-0.25, -0.2) is 0 Å². The summed E-state index contributed by atoms with van der Waals surface area (Å²) in [6, 6.07) is 1.92.